The first kappa shape index (κ1) is 16.5. The summed E-state index contributed by atoms with van der Waals surface area (Å²) in [4.78, 5) is 0. The summed E-state index contributed by atoms with van der Waals surface area (Å²) < 4.78 is 11.1. The van der Waals surface area contributed by atoms with Crippen LogP contribution in [0.2, 0.25) is 0 Å². The minimum absolute atomic E-state index is 0.558. The van der Waals surface area contributed by atoms with Gasteiger partial charge in [-0.1, -0.05) is 38.1 Å². The van der Waals surface area contributed by atoms with Crippen LogP contribution in [0.3, 0.4) is 0 Å². The summed E-state index contributed by atoms with van der Waals surface area (Å²) >= 11 is 0. The lowest BCUT2D eigenvalue weighted by Crippen LogP contribution is -2.20. The van der Waals surface area contributed by atoms with Gasteiger partial charge in [-0.25, -0.2) is 0 Å². The molecule has 3 nitrogen and oxygen atoms in total. The smallest absolute Gasteiger partial charge is 0.0717 e. The van der Waals surface area contributed by atoms with Gasteiger partial charge in [0, 0.05) is 19.1 Å². The zero-order chi connectivity index (χ0) is 14.9. The SMILES string of the molecule is CCCNCC(C)c1ccc(COCC2CCOC2)cc1. The van der Waals surface area contributed by atoms with Crippen LogP contribution in [0.4, 0.5) is 0 Å². The van der Waals surface area contributed by atoms with E-state index in [1.807, 2.05) is 0 Å². The Morgan fingerprint density at radius 2 is 2.14 bits per heavy atom. The highest BCUT2D eigenvalue weighted by molar-refractivity contribution is 5.24. The molecule has 0 bridgehead atoms. The summed E-state index contributed by atoms with van der Waals surface area (Å²) in [7, 11) is 0. The highest BCUT2D eigenvalue weighted by atomic mass is 16.5. The van der Waals surface area contributed by atoms with Gasteiger partial charge in [0.1, 0.15) is 0 Å². The van der Waals surface area contributed by atoms with Gasteiger partial charge in [0.05, 0.1) is 19.8 Å². The molecule has 1 aliphatic heterocycles. The molecule has 0 saturated carbocycles. The maximum Gasteiger partial charge on any atom is 0.0717 e. The molecule has 2 rings (SSSR count). The van der Waals surface area contributed by atoms with Crippen LogP contribution in [-0.2, 0) is 16.1 Å². The van der Waals surface area contributed by atoms with E-state index in [1.165, 1.54) is 17.5 Å². The van der Waals surface area contributed by atoms with E-state index >= 15 is 0 Å². The maximum absolute atomic E-state index is 5.79. The van der Waals surface area contributed by atoms with Crippen molar-refractivity contribution in [1.29, 1.82) is 0 Å². The first-order valence-electron chi connectivity index (χ1n) is 8.24. The molecule has 2 unspecified atom stereocenters. The lowest BCUT2D eigenvalue weighted by Gasteiger charge is -2.14. The van der Waals surface area contributed by atoms with E-state index in [4.69, 9.17) is 9.47 Å². The van der Waals surface area contributed by atoms with Crippen molar-refractivity contribution in [2.75, 3.05) is 32.9 Å². The van der Waals surface area contributed by atoms with Crippen LogP contribution in [0.1, 0.15) is 43.7 Å². The third-order valence-corrected chi connectivity index (χ3v) is 4.07. The first-order chi connectivity index (χ1) is 10.3. The van der Waals surface area contributed by atoms with Crippen molar-refractivity contribution in [2.45, 2.75) is 39.2 Å². The Morgan fingerprint density at radius 3 is 2.81 bits per heavy atom. The Morgan fingerprint density at radius 1 is 1.33 bits per heavy atom. The van der Waals surface area contributed by atoms with Gasteiger partial charge >= 0.3 is 0 Å². The first-order valence-corrected chi connectivity index (χ1v) is 8.24. The third kappa shape index (κ3) is 5.77. The lowest BCUT2D eigenvalue weighted by molar-refractivity contribution is 0.0791. The molecule has 1 heterocycles. The lowest BCUT2D eigenvalue weighted by atomic mass is 10.00. The third-order valence-electron chi connectivity index (χ3n) is 4.07. The standard InChI is InChI=1S/C18H29NO2/c1-3-9-19-11-15(2)18-6-4-16(5-7-18)12-21-14-17-8-10-20-13-17/h4-7,15,17,19H,3,8-14H2,1-2H3. The second-order valence-electron chi connectivity index (χ2n) is 6.09. The van der Waals surface area contributed by atoms with Crippen LogP contribution in [0.25, 0.3) is 0 Å². The molecule has 1 fully saturated rings. The molecular formula is C18H29NO2. The summed E-state index contributed by atoms with van der Waals surface area (Å²) in [6, 6.07) is 8.85. The molecular weight excluding hydrogens is 262 g/mol. The Bertz CT molecular complexity index is 385. The summed E-state index contributed by atoms with van der Waals surface area (Å²) in [5.41, 5.74) is 2.65. The maximum atomic E-state index is 5.79. The molecule has 0 radical (unpaired) electrons. The van der Waals surface area contributed by atoms with E-state index in [0.717, 1.165) is 39.3 Å². The van der Waals surface area contributed by atoms with Gasteiger partial charge in [-0.3, -0.25) is 0 Å². The fraction of sp³-hybridized carbons (Fsp3) is 0.667. The molecule has 21 heavy (non-hydrogen) atoms. The van der Waals surface area contributed by atoms with Gasteiger partial charge in [0.2, 0.25) is 0 Å². The van der Waals surface area contributed by atoms with Crippen LogP contribution >= 0.6 is 0 Å². The van der Waals surface area contributed by atoms with Gasteiger partial charge in [-0.2, -0.15) is 0 Å². The van der Waals surface area contributed by atoms with Gasteiger partial charge < -0.3 is 14.8 Å². The normalized spacial score (nSPS) is 19.8. The monoisotopic (exact) mass is 291 g/mol. The Balaban J connectivity index is 1.70. The fourth-order valence-electron chi connectivity index (χ4n) is 2.61. The minimum atomic E-state index is 0.558. The van der Waals surface area contributed by atoms with Crippen LogP contribution < -0.4 is 5.32 Å². The van der Waals surface area contributed by atoms with Crippen molar-refractivity contribution in [3.05, 3.63) is 35.4 Å². The second kappa shape index (κ2) is 9.19. The summed E-state index contributed by atoms with van der Waals surface area (Å²) in [6.07, 6.45) is 2.33. The van der Waals surface area contributed by atoms with Crippen molar-refractivity contribution < 1.29 is 9.47 Å². The molecule has 3 heteroatoms. The molecule has 118 valence electrons. The Kier molecular flexibility index (Phi) is 7.20. The average Bonchev–Trinajstić information content (AvgIpc) is 3.01. The molecule has 0 spiro atoms. The number of nitrogens with one attached hydrogen (secondary N) is 1. The Hall–Kier alpha value is -0.900. The highest BCUT2D eigenvalue weighted by Crippen LogP contribution is 2.17. The average molecular weight is 291 g/mol. The van der Waals surface area contributed by atoms with Crippen molar-refractivity contribution >= 4 is 0 Å². The van der Waals surface area contributed by atoms with E-state index in [-0.39, 0.29) is 0 Å². The summed E-state index contributed by atoms with van der Waals surface area (Å²) in [6.45, 7) is 9.90. The van der Waals surface area contributed by atoms with E-state index in [9.17, 15) is 0 Å². The zero-order valence-corrected chi connectivity index (χ0v) is 13.4. The summed E-state index contributed by atoms with van der Waals surface area (Å²) in [5.74, 6) is 1.15. The number of ether oxygens (including phenoxy) is 2. The number of hydrogen-bond donors (Lipinski definition) is 1. The molecule has 1 saturated heterocycles. The van der Waals surface area contributed by atoms with Crippen molar-refractivity contribution in [1.82, 2.24) is 5.32 Å². The van der Waals surface area contributed by atoms with Gasteiger partial charge in [0.25, 0.3) is 0 Å². The fourth-order valence-corrected chi connectivity index (χ4v) is 2.61. The zero-order valence-electron chi connectivity index (χ0n) is 13.4. The molecule has 0 aromatic heterocycles. The van der Waals surface area contributed by atoms with Crippen LogP contribution in [0, 0.1) is 5.92 Å². The van der Waals surface area contributed by atoms with Gasteiger partial charge in [0.15, 0.2) is 0 Å². The van der Waals surface area contributed by atoms with Crippen LogP contribution in [0.15, 0.2) is 24.3 Å². The Labute approximate surface area is 129 Å². The topological polar surface area (TPSA) is 30.5 Å². The predicted molar refractivity (Wildman–Crippen MR) is 86.6 cm³/mol. The number of hydrogen-bond acceptors (Lipinski definition) is 3. The minimum Gasteiger partial charge on any atom is -0.381 e. The van der Waals surface area contributed by atoms with E-state index in [1.54, 1.807) is 0 Å². The van der Waals surface area contributed by atoms with E-state index < -0.39 is 0 Å². The summed E-state index contributed by atoms with van der Waals surface area (Å²) in [5, 5.41) is 3.48. The molecule has 0 amide bonds. The number of benzene rings is 1. The quantitative estimate of drug-likeness (QED) is 0.708. The molecule has 1 aromatic carbocycles. The van der Waals surface area contributed by atoms with Crippen molar-refractivity contribution in [2.24, 2.45) is 5.92 Å². The second-order valence-corrected chi connectivity index (χ2v) is 6.09. The van der Waals surface area contributed by atoms with Crippen molar-refractivity contribution in [3.8, 4) is 0 Å². The number of rotatable bonds is 9. The predicted octanol–water partition coefficient (Wildman–Crippen LogP) is 3.34. The van der Waals surface area contributed by atoms with Gasteiger partial charge in [-0.05, 0) is 36.4 Å². The molecule has 1 N–H and O–H groups in total. The van der Waals surface area contributed by atoms with E-state index in [2.05, 4.69) is 43.4 Å². The van der Waals surface area contributed by atoms with E-state index in [0.29, 0.717) is 18.4 Å². The largest absolute Gasteiger partial charge is 0.381 e. The van der Waals surface area contributed by atoms with Crippen molar-refractivity contribution in [3.63, 3.8) is 0 Å². The molecule has 1 aliphatic rings. The van der Waals surface area contributed by atoms with Gasteiger partial charge in [-0.15, -0.1) is 0 Å². The molecule has 1 aromatic rings. The molecule has 2 atom stereocenters. The van der Waals surface area contributed by atoms with Crippen LogP contribution in [0.5, 0.6) is 0 Å². The highest BCUT2D eigenvalue weighted by Gasteiger charge is 2.15. The van der Waals surface area contributed by atoms with Crippen LogP contribution in [-0.4, -0.2) is 32.9 Å². The molecule has 0 aliphatic carbocycles.